The fourth-order valence-corrected chi connectivity index (χ4v) is 3.41. The zero-order chi connectivity index (χ0) is 15.7. The number of aromatic nitrogens is 2. The van der Waals surface area contributed by atoms with Crippen molar-refractivity contribution in [3.05, 3.63) is 62.7 Å². The van der Waals surface area contributed by atoms with Gasteiger partial charge in [0.25, 0.3) is 5.56 Å². The van der Waals surface area contributed by atoms with Crippen LogP contribution in [-0.2, 0) is 13.6 Å². The van der Waals surface area contributed by atoms with Gasteiger partial charge in [0.05, 0.1) is 11.0 Å². The highest BCUT2D eigenvalue weighted by atomic mass is 32.1. The van der Waals surface area contributed by atoms with Crippen LogP contribution in [0, 0.1) is 0 Å². The monoisotopic (exact) mass is 313 g/mol. The molecule has 114 valence electrons. The molecule has 0 spiro atoms. The van der Waals surface area contributed by atoms with Crippen molar-refractivity contribution in [1.29, 1.82) is 0 Å². The van der Waals surface area contributed by atoms with E-state index in [1.807, 2.05) is 31.3 Å². The van der Waals surface area contributed by atoms with Crippen LogP contribution in [0.2, 0.25) is 0 Å². The number of fused-ring (bicyclic) bond motifs is 1. The highest BCUT2D eigenvalue weighted by Gasteiger charge is 2.16. The molecule has 2 heterocycles. The summed E-state index contributed by atoms with van der Waals surface area (Å²) in [6, 6.07) is 12.2. The Bertz CT molecular complexity index is 839. The second-order valence-electron chi connectivity index (χ2n) is 5.52. The van der Waals surface area contributed by atoms with E-state index in [2.05, 4.69) is 34.3 Å². The van der Waals surface area contributed by atoms with Crippen LogP contribution < -0.4 is 5.56 Å². The average molecular weight is 313 g/mol. The van der Waals surface area contributed by atoms with E-state index in [9.17, 15) is 4.79 Å². The summed E-state index contributed by atoms with van der Waals surface area (Å²) in [7, 11) is 3.83. The predicted octanol–water partition coefficient (Wildman–Crippen LogP) is 3.19. The first kappa shape index (κ1) is 14.9. The first-order valence-corrected chi connectivity index (χ1v) is 8.14. The van der Waals surface area contributed by atoms with Crippen molar-refractivity contribution in [2.24, 2.45) is 7.05 Å². The number of hydrogen-bond acceptors (Lipinski definition) is 4. The first-order chi connectivity index (χ1) is 10.6. The molecule has 0 unspecified atom stereocenters. The summed E-state index contributed by atoms with van der Waals surface area (Å²) >= 11 is 1.73. The molecule has 4 nitrogen and oxygen atoms in total. The van der Waals surface area contributed by atoms with Gasteiger partial charge in [-0.15, -0.1) is 11.3 Å². The quantitative estimate of drug-likeness (QED) is 0.742. The standard InChI is InChI=1S/C17H19N3OS/c1-12(16-9-6-10-22-16)19(2)11-14-17(21)20(3)15-8-5-4-7-13(15)18-14/h4-10,12H,11H2,1-3H3/t12-/m1/s1. The Morgan fingerprint density at radius 3 is 2.77 bits per heavy atom. The van der Waals surface area contributed by atoms with Gasteiger partial charge in [0.1, 0.15) is 5.69 Å². The van der Waals surface area contributed by atoms with Crippen LogP contribution in [0.25, 0.3) is 11.0 Å². The lowest BCUT2D eigenvalue weighted by atomic mass is 10.2. The van der Waals surface area contributed by atoms with Crippen molar-refractivity contribution in [2.75, 3.05) is 7.05 Å². The topological polar surface area (TPSA) is 38.1 Å². The summed E-state index contributed by atoms with van der Waals surface area (Å²) in [6.45, 7) is 2.69. The van der Waals surface area contributed by atoms with Gasteiger partial charge in [-0.2, -0.15) is 0 Å². The molecule has 0 aliphatic heterocycles. The molecule has 0 radical (unpaired) electrons. The van der Waals surface area contributed by atoms with Crippen molar-refractivity contribution < 1.29 is 0 Å². The summed E-state index contributed by atoms with van der Waals surface area (Å²) in [5.74, 6) is 0. The van der Waals surface area contributed by atoms with Gasteiger partial charge in [0.2, 0.25) is 0 Å². The molecule has 0 fully saturated rings. The van der Waals surface area contributed by atoms with E-state index in [1.165, 1.54) is 4.88 Å². The molecule has 0 saturated carbocycles. The molecule has 22 heavy (non-hydrogen) atoms. The Morgan fingerprint density at radius 2 is 2.05 bits per heavy atom. The molecular weight excluding hydrogens is 294 g/mol. The van der Waals surface area contributed by atoms with Crippen LogP contribution in [0.5, 0.6) is 0 Å². The van der Waals surface area contributed by atoms with Crippen molar-refractivity contribution in [1.82, 2.24) is 14.5 Å². The van der Waals surface area contributed by atoms with Gasteiger partial charge in [0.15, 0.2) is 0 Å². The fraction of sp³-hybridized carbons (Fsp3) is 0.294. The molecule has 0 amide bonds. The van der Waals surface area contributed by atoms with Crippen LogP contribution in [0.4, 0.5) is 0 Å². The van der Waals surface area contributed by atoms with Crippen molar-refractivity contribution >= 4 is 22.4 Å². The first-order valence-electron chi connectivity index (χ1n) is 7.26. The van der Waals surface area contributed by atoms with Gasteiger partial charge < -0.3 is 4.57 Å². The van der Waals surface area contributed by atoms with E-state index in [-0.39, 0.29) is 11.6 Å². The number of rotatable bonds is 4. The predicted molar refractivity (Wildman–Crippen MR) is 91.2 cm³/mol. The lowest BCUT2D eigenvalue weighted by Gasteiger charge is -2.23. The highest BCUT2D eigenvalue weighted by molar-refractivity contribution is 7.10. The third-order valence-corrected chi connectivity index (χ3v) is 5.11. The van der Waals surface area contributed by atoms with Crippen LogP contribution in [0.15, 0.2) is 46.6 Å². The van der Waals surface area contributed by atoms with E-state index in [4.69, 9.17) is 0 Å². The van der Waals surface area contributed by atoms with Gasteiger partial charge in [0, 0.05) is 24.5 Å². The molecule has 0 saturated heterocycles. The van der Waals surface area contributed by atoms with Gasteiger partial charge in [-0.3, -0.25) is 9.69 Å². The summed E-state index contributed by atoms with van der Waals surface area (Å²) in [4.78, 5) is 20.5. The molecule has 3 aromatic rings. The van der Waals surface area contributed by atoms with Gasteiger partial charge >= 0.3 is 0 Å². The molecule has 1 aromatic carbocycles. The van der Waals surface area contributed by atoms with Crippen molar-refractivity contribution in [3.8, 4) is 0 Å². The second-order valence-corrected chi connectivity index (χ2v) is 6.50. The average Bonchev–Trinajstić information content (AvgIpc) is 3.06. The molecular formula is C17H19N3OS. The third-order valence-electron chi connectivity index (χ3n) is 4.07. The maximum atomic E-state index is 12.5. The number of aryl methyl sites for hydroxylation is 1. The smallest absolute Gasteiger partial charge is 0.273 e. The van der Waals surface area contributed by atoms with Gasteiger partial charge in [-0.05, 0) is 37.6 Å². The van der Waals surface area contributed by atoms with E-state index in [0.717, 1.165) is 11.0 Å². The van der Waals surface area contributed by atoms with E-state index in [1.54, 1.807) is 23.0 Å². The van der Waals surface area contributed by atoms with Crippen LogP contribution in [0.1, 0.15) is 23.5 Å². The Labute approximate surface area is 133 Å². The minimum absolute atomic E-state index is 0.0241. The Hall–Kier alpha value is -1.98. The van der Waals surface area contributed by atoms with Gasteiger partial charge in [-0.1, -0.05) is 18.2 Å². The molecule has 0 bridgehead atoms. The fourth-order valence-electron chi connectivity index (χ4n) is 2.56. The minimum atomic E-state index is -0.0241. The molecule has 0 N–H and O–H groups in total. The van der Waals surface area contributed by atoms with E-state index >= 15 is 0 Å². The number of nitrogens with zero attached hydrogens (tertiary/aromatic N) is 3. The largest absolute Gasteiger partial charge is 0.308 e. The summed E-state index contributed by atoms with van der Waals surface area (Å²) in [5.41, 5.74) is 2.29. The third kappa shape index (κ3) is 2.69. The Morgan fingerprint density at radius 1 is 1.27 bits per heavy atom. The lowest BCUT2D eigenvalue weighted by Crippen LogP contribution is -2.30. The summed E-state index contributed by atoms with van der Waals surface area (Å²) in [5, 5.41) is 2.08. The number of thiophene rings is 1. The summed E-state index contributed by atoms with van der Waals surface area (Å²) in [6.07, 6.45) is 0. The molecule has 5 heteroatoms. The van der Waals surface area contributed by atoms with E-state index < -0.39 is 0 Å². The lowest BCUT2D eigenvalue weighted by molar-refractivity contribution is 0.252. The number of benzene rings is 1. The Balaban J connectivity index is 1.94. The SMILES string of the molecule is C[C@H](c1cccs1)N(C)Cc1nc2ccccc2n(C)c1=O. The van der Waals surface area contributed by atoms with Crippen LogP contribution in [0.3, 0.4) is 0 Å². The van der Waals surface area contributed by atoms with E-state index in [0.29, 0.717) is 12.2 Å². The highest BCUT2D eigenvalue weighted by Crippen LogP contribution is 2.24. The summed E-state index contributed by atoms with van der Waals surface area (Å²) < 4.78 is 1.68. The normalized spacial score (nSPS) is 12.9. The zero-order valence-corrected chi connectivity index (χ0v) is 13.8. The molecule has 1 atom stereocenters. The Kier molecular flexibility index (Phi) is 4.09. The van der Waals surface area contributed by atoms with Gasteiger partial charge in [-0.25, -0.2) is 4.98 Å². The van der Waals surface area contributed by atoms with Crippen LogP contribution in [-0.4, -0.2) is 21.5 Å². The molecule has 3 rings (SSSR count). The number of para-hydroxylation sites is 2. The molecule has 2 aromatic heterocycles. The van der Waals surface area contributed by atoms with Crippen molar-refractivity contribution in [2.45, 2.75) is 19.5 Å². The zero-order valence-electron chi connectivity index (χ0n) is 13.0. The second kappa shape index (κ2) is 6.02. The number of hydrogen-bond donors (Lipinski definition) is 0. The maximum absolute atomic E-state index is 12.5. The molecule has 0 aliphatic rings. The maximum Gasteiger partial charge on any atom is 0.273 e. The van der Waals surface area contributed by atoms with Crippen molar-refractivity contribution in [3.63, 3.8) is 0 Å². The minimum Gasteiger partial charge on any atom is -0.308 e. The van der Waals surface area contributed by atoms with Crippen LogP contribution >= 0.6 is 11.3 Å². The molecule has 0 aliphatic carbocycles.